The summed E-state index contributed by atoms with van der Waals surface area (Å²) in [6, 6.07) is 1.68. The van der Waals surface area contributed by atoms with E-state index in [1.807, 2.05) is 6.92 Å². The second-order valence-corrected chi connectivity index (χ2v) is 3.30. The highest BCUT2D eigenvalue weighted by Gasteiger charge is 2.14. The SMILES string of the molecule is COC(C)CC(O)c1cnccc1N. The summed E-state index contributed by atoms with van der Waals surface area (Å²) in [6.07, 6.45) is 3.10. The summed E-state index contributed by atoms with van der Waals surface area (Å²) in [4.78, 5) is 3.92. The molecule has 1 aromatic heterocycles. The number of methoxy groups -OCH3 is 1. The molecule has 1 rings (SSSR count). The van der Waals surface area contributed by atoms with Gasteiger partial charge in [-0.05, 0) is 13.0 Å². The average molecular weight is 196 g/mol. The van der Waals surface area contributed by atoms with Crippen molar-refractivity contribution in [1.29, 1.82) is 0 Å². The molecule has 1 aromatic rings. The number of nitrogens with two attached hydrogens (primary N) is 1. The van der Waals surface area contributed by atoms with Crippen molar-refractivity contribution in [3.63, 3.8) is 0 Å². The van der Waals surface area contributed by atoms with Gasteiger partial charge in [0.05, 0.1) is 12.2 Å². The number of anilines is 1. The van der Waals surface area contributed by atoms with Gasteiger partial charge in [0.15, 0.2) is 0 Å². The zero-order chi connectivity index (χ0) is 10.6. The first kappa shape index (κ1) is 10.9. The largest absolute Gasteiger partial charge is 0.398 e. The predicted octanol–water partition coefficient (Wildman–Crippen LogP) is 1.12. The van der Waals surface area contributed by atoms with Gasteiger partial charge in [0.1, 0.15) is 0 Å². The second kappa shape index (κ2) is 4.93. The number of aliphatic hydroxyl groups excluding tert-OH is 1. The summed E-state index contributed by atoms with van der Waals surface area (Å²) < 4.78 is 5.06. The van der Waals surface area contributed by atoms with Gasteiger partial charge in [-0.1, -0.05) is 0 Å². The lowest BCUT2D eigenvalue weighted by molar-refractivity contribution is 0.0561. The second-order valence-electron chi connectivity index (χ2n) is 3.30. The van der Waals surface area contributed by atoms with E-state index < -0.39 is 6.10 Å². The lowest BCUT2D eigenvalue weighted by Crippen LogP contribution is -2.12. The van der Waals surface area contributed by atoms with Crippen LogP contribution in [-0.4, -0.2) is 23.3 Å². The molecule has 0 amide bonds. The smallest absolute Gasteiger partial charge is 0.0849 e. The van der Waals surface area contributed by atoms with Crippen LogP contribution >= 0.6 is 0 Å². The molecule has 4 heteroatoms. The molecular weight excluding hydrogens is 180 g/mol. The quantitative estimate of drug-likeness (QED) is 0.757. The normalized spacial score (nSPS) is 15.1. The van der Waals surface area contributed by atoms with Crippen LogP contribution in [0.25, 0.3) is 0 Å². The Balaban J connectivity index is 2.69. The maximum Gasteiger partial charge on any atom is 0.0849 e. The van der Waals surface area contributed by atoms with Crippen LogP contribution in [0, 0.1) is 0 Å². The molecule has 0 aliphatic heterocycles. The highest BCUT2D eigenvalue weighted by atomic mass is 16.5. The van der Waals surface area contributed by atoms with Gasteiger partial charge in [0, 0.05) is 37.2 Å². The van der Waals surface area contributed by atoms with Crippen molar-refractivity contribution in [3.8, 4) is 0 Å². The minimum Gasteiger partial charge on any atom is -0.398 e. The number of hydrogen-bond donors (Lipinski definition) is 2. The fraction of sp³-hybridized carbons (Fsp3) is 0.500. The van der Waals surface area contributed by atoms with E-state index in [-0.39, 0.29) is 6.10 Å². The van der Waals surface area contributed by atoms with Crippen molar-refractivity contribution in [3.05, 3.63) is 24.0 Å². The number of aromatic nitrogens is 1. The number of nitrogens with zero attached hydrogens (tertiary/aromatic N) is 1. The van der Waals surface area contributed by atoms with E-state index >= 15 is 0 Å². The molecule has 0 spiro atoms. The summed E-state index contributed by atoms with van der Waals surface area (Å²) >= 11 is 0. The van der Waals surface area contributed by atoms with E-state index in [2.05, 4.69) is 4.98 Å². The van der Waals surface area contributed by atoms with Crippen molar-refractivity contribution in [2.24, 2.45) is 0 Å². The molecule has 2 atom stereocenters. The fourth-order valence-corrected chi connectivity index (χ4v) is 1.23. The molecule has 0 saturated heterocycles. The van der Waals surface area contributed by atoms with Crippen LogP contribution in [0.1, 0.15) is 25.0 Å². The summed E-state index contributed by atoms with van der Waals surface area (Å²) in [5.74, 6) is 0. The summed E-state index contributed by atoms with van der Waals surface area (Å²) in [5, 5.41) is 9.80. The van der Waals surface area contributed by atoms with Gasteiger partial charge in [-0.3, -0.25) is 4.98 Å². The van der Waals surface area contributed by atoms with Crippen molar-refractivity contribution in [1.82, 2.24) is 4.98 Å². The Labute approximate surface area is 83.7 Å². The fourth-order valence-electron chi connectivity index (χ4n) is 1.23. The maximum absolute atomic E-state index is 9.80. The first-order chi connectivity index (χ1) is 6.65. The van der Waals surface area contributed by atoms with Gasteiger partial charge in [0.25, 0.3) is 0 Å². The monoisotopic (exact) mass is 196 g/mol. The lowest BCUT2D eigenvalue weighted by Gasteiger charge is -2.16. The molecule has 78 valence electrons. The van der Waals surface area contributed by atoms with Gasteiger partial charge in [-0.25, -0.2) is 0 Å². The first-order valence-corrected chi connectivity index (χ1v) is 4.55. The Morgan fingerprint density at radius 1 is 1.64 bits per heavy atom. The van der Waals surface area contributed by atoms with Crippen LogP contribution in [0.3, 0.4) is 0 Å². The van der Waals surface area contributed by atoms with Crippen LogP contribution in [0.2, 0.25) is 0 Å². The summed E-state index contributed by atoms with van der Waals surface area (Å²) in [5.41, 5.74) is 6.93. The molecule has 2 unspecified atom stereocenters. The van der Waals surface area contributed by atoms with E-state index in [4.69, 9.17) is 10.5 Å². The van der Waals surface area contributed by atoms with Crippen LogP contribution in [0.15, 0.2) is 18.5 Å². The van der Waals surface area contributed by atoms with Crippen molar-refractivity contribution in [2.75, 3.05) is 12.8 Å². The summed E-state index contributed by atoms with van der Waals surface area (Å²) in [7, 11) is 1.62. The third-order valence-electron chi connectivity index (χ3n) is 2.20. The van der Waals surface area contributed by atoms with Crippen LogP contribution in [-0.2, 0) is 4.74 Å². The molecule has 1 heterocycles. The molecular formula is C10H16N2O2. The molecule has 0 aromatic carbocycles. The molecule has 0 bridgehead atoms. The Morgan fingerprint density at radius 2 is 2.36 bits per heavy atom. The number of aliphatic hydroxyl groups is 1. The van der Waals surface area contributed by atoms with Crippen LogP contribution < -0.4 is 5.73 Å². The third-order valence-corrected chi connectivity index (χ3v) is 2.20. The lowest BCUT2D eigenvalue weighted by atomic mass is 10.0. The standard InChI is InChI=1S/C10H16N2O2/c1-7(14-2)5-10(13)8-6-12-4-3-9(8)11/h3-4,6-7,10,13H,5H2,1-2H3,(H2,11,12). The zero-order valence-corrected chi connectivity index (χ0v) is 8.47. The molecule has 14 heavy (non-hydrogen) atoms. The molecule has 0 fully saturated rings. The number of hydrogen-bond acceptors (Lipinski definition) is 4. The minimum atomic E-state index is -0.612. The Bertz CT molecular complexity index is 291. The number of ether oxygens (including phenoxy) is 1. The minimum absolute atomic E-state index is 0.00426. The first-order valence-electron chi connectivity index (χ1n) is 4.55. The summed E-state index contributed by atoms with van der Waals surface area (Å²) in [6.45, 7) is 1.90. The van der Waals surface area contributed by atoms with Crippen molar-refractivity contribution in [2.45, 2.75) is 25.6 Å². The van der Waals surface area contributed by atoms with Gasteiger partial charge >= 0.3 is 0 Å². The van der Waals surface area contributed by atoms with E-state index in [9.17, 15) is 5.11 Å². The molecule has 0 radical (unpaired) electrons. The molecule has 0 aliphatic carbocycles. The van der Waals surface area contributed by atoms with Gasteiger partial charge in [-0.15, -0.1) is 0 Å². The molecule has 4 nitrogen and oxygen atoms in total. The topological polar surface area (TPSA) is 68.4 Å². The van der Waals surface area contributed by atoms with E-state index in [0.29, 0.717) is 17.7 Å². The number of rotatable bonds is 4. The Kier molecular flexibility index (Phi) is 3.85. The van der Waals surface area contributed by atoms with Gasteiger partial charge < -0.3 is 15.6 Å². The van der Waals surface area contributed by atoms with Crippen LogP contribution in [0.4, 0.5) is 5.69 Å². The van der Waals surface area contributed by atoms with Gasteiger partial charge in [-0.2, -0.15) is 0 Å². The predicted molar refractivity (Wildman–Crippen MR) is 54.7 cm³/mol. The molecule has 0 saturated carbocycles. The zero-order valence-electron chi connectivity index (χ0n) is 8.47. The molecule has 0 aliphatic rings. The van der Waals surface area contributed by atoms with E-state index in [0.717, 1.165) is 0 Å². The molecule has 3 N–H and O–H groups in total. The van der Waals surface area contributed by atoms with Crippen molar-refractivity contribution < 1.29 is 9.84 Å². The maximum atomic E-state index is 9.80. The van der Waals surface area contributed by atoms with E-state index in [1.165, 1.54) is 0 Å². The Morgan fingerprint density at radius 3 is 2.93 bits per heavy atom. The number of pyridine rings is 1. The highest BCUT2D eigenvalue weighted by molar-refractivity contribution is 5.45. The van der Waals surface area contributed by atoms with Crippen LogP contribution in [0.5, 0.6) is 0 Å². The van der Waals surface area contributed by atoms with Gasteiger partial charge in [0.2, 0.25) is 0 Å². The van der Waals surface area contributed by atoms with E-state index in [1.54, 1.807) is 25.6 Å². The third kappa shape index (κ3) is 2.68. The van der Waals surface area contributed by atoms with Crippen molar-refractivity contribution >= 4 is 5.69 Å². The highest BCUT2D eigenvalue weighted by Crippen LogP contribution is 2.23. The Hall–Kier alpha value is -1.13. The average Bonchev–Trinajstić information content (AvgIpc) is 2.18. The number of nitrogen functional groups attached to an aromatic ring is 1.